The van der Waals surface area contributed by atoms with Crippen LogP contribution in [0.5, 0.6) is 0 Å². The molecule has 0 spiro atoms. The molecule has 5 heteroatoms. The number of benzene rings is 1. The molecule has 0 aromatic rings. The van der Waals surface area contributed by atoms with Crippen molar-refractivity contribution in [2.24, 2.45) is 0 Å². The number of hydrogen-bond donors (Lipinski definition) is 0. The Hall–Kier alpha value is -1.46. The minimum absolute atomic E-state index is 0.257. The molecule has 1 saturated heterocycles. The Morgan fingerprint density at radius 1 is 1.35 bits per heavy atom. The Balaban J connectivity index is 0.000000149. The number of unbranched alkanes of at least 4 members (excludes halogenated alkanes) is 2. The van der Waals surface area contributed by atoms with E-state index in [0.29, 0.717) is 6.10 Å². The summed E-state index contributed by atoms with van der Waals surface area (Å²) < 4.78 is 10.8. The molecule has 0 aromatic heterocycles. The fourth-order valence-corrected chi connectivity index (χ4v) is 2.25. The van der Waals surface area contributed by atoms with Crippen molar-refractivity contribution in [3.63, 3.8) is 0 Å². The van der Waals surface area contributed by atoms with E-state index in [0.717, 1.165) is 30.3 Å². The average Bonchev–Trinajstić information content (AvgIpc) is 2.44. The van der Waals surface area contributed by atoms with Crippen molar-refractivity contribution in [1.82, 2.24) is 0 Å². The van der Waals surface area contributed by atoms with Crippen molar-refractivity contribution < 1.29 is 14.4 Å². The zero-order chi connectivity index (χ0) is 14.4. The summed E-state index contributed by atoms with van der Waals surface area (Å²) >= 11 is 0. The highest BCUT2D eigenvalue weighted by Gasteiger charge is 2.15. The lowest BCUT2D eigenvalue weighted by molar-refractivity contribution is -0.386. The minimum atomic E-state index is -0.359. The molecule has 2 aliphatic carbocycles. The van der Waals surface area contributed by atoms with Crippen LogP contribution in [0.1, 0.15) is 32.6 Å². The Kier molecular flexibility index (Phi) is 5.49. The topological polar surface area (TPSA) is 61.6 Å². The van der Waals surface area contributed by atoms with Gasteiger partial charge in [-0.3, -0.25) is 10.1 Å². The lowest BCUT2D eigenvalue weighted by atomic mass is 10.1. The summed E-state index contributed by atoms with van der Waals surface area (Å²) in [5.74, 6) is 0. The van der Waals surface area contributed by atoms with E-state index in [1.54, 1.807) is 12.1 Å². The van der Waals surface area contributed by atoms with E-state index in [4.69, 9.17) is 9.47 Å². The molecule has 1 aliphatic heterocycles. The van der Waals surface area contributed by atoms with Crippen molar-refractivity contribution in [3.8, 4) is 0 Å². The smallest absolute Gasteiger partial charge is 0.277 e. The molecule has 0 saturated carbocycles. The van der Waals surface area contributed by atoms with Crippen LogP contribution >= 0.6 is 0 Å². The second kappa shape index (κ2) is 7.36. The highest BCUT2D eigenvalue weighted by atomic mass is 16.6. The van der Waals surface area contributed by atoms with Crippen molar-refractivity contribution in [2.45, 2.75) is 38.7 Å². The molecule has 1 heterocycles. The SMILES string of the molecule is CCCCCC1COCCO1.O=[N+]([O-])c1cc2ccc1=2. The first-order chi connectivity index (χ1) is 9.72. The highest BCUT2D eigenvalue weighted by molar-refractivity contribution is 5.44. The van der Waals surface area contributed by atoms with Crippen molar-refractivity contribution >= 4 is 5.69 Å². The monoisotopic (exact) mass is 279 g/mol. The number of rotatable bonds is 5. The number of nitro benzene ring substituents is 1. The van der Waals surface area contributed by atoms with Crippen LogP contribution in [0, 0.1) is 20.6 Å². The molecule has 3 rings (SSSR count). The van der Waals surface area contributed by atoms with E-state index in [-0.39, 0.29) is 10.6 Å². The Labute approximate surface area is 118 Å². The van der Waals surface area contributed by atoms with Gasteiger partial charge in [0.15, 0.2) is 0 Å². The van der Waals surface area contributed by atoms with E-state index in [9.17, 15) is 10.1 Å². The predicted molar refractivity (Wildman–Crippen MR) is 75.5 cm³/mol. The Morgan fingerprint density at radius 2 is 2.20 bits per heavy atom. The summed E-state index contributed by atoms with van der Waals surface area (Å²) in [6, 6.07) is 5.20. The summed E-state index contributed by atoms with van der Waals surface area (Å²) in [7, 11) is 0. The molecule has 0 radical (unpaired) electrons. The van der Waals surface area contributed by atoms with Gasteiger partial charge in [0.2, 0.25) is 0 Å². The van der Waals surface area contributed by atoms with Gasteiger partial charge in [-0.1, -0.05) is 32.3 Å². The Bertz CT molecular complexity index is 537. The first kappa shape index (κ1) is 14.9. The molecule has 1 atom stereocenters. The van der Waals surface area contributed by atoms with E-state index in [1.807, 2.05) is 6.07 Å². The van der Waals surface area contributed by atoms with Gasteiger partial charge in [-0.15, -0.1) is 0 Å². The number of hydrogen-bond acceptors (Lipinski definition) is 4. The van der Waals surface area contributed by atoms with E-state index in [2.05, 4.69) is 6.92 Å². The number of non-ortho nitro benzene ring substituents is 1. The number of ether oxygens (including phenoxy) is 2. The van der Waals surface area contributed by atoms with E-state index < -0.39 is 0 Å². The largest absolute Gasteiger partial charge is 0.376 e. The van der Waals surface area contributed by atoms with Gasteiger partial charge in [0.25, 0.3) is 5.69 Å². The van der Waals surface area contributed by atoms with Gasteiger partial charge in [0.1, 0.15) is 0 Å². The molecule has 1 fully saturated rings. The summed E-state index contributed by atoms with van der Waals surface area (Å²) in [4.78, 5) is 9.68. The summed E-state index contributed by atoms with van der Waals surface area (Å²) in [5, 5.41) is 11.9. The van der Waals surface area contributed by atoms with E-state index in [1.165, 1.54) is 25.7 Å². The fraction of sp³-hybridized carbons (Fsp3) is 0.600. The van der Waals surface area contributed by atoms with Crippen LogP contribution < -0.4 is 0 Å². The van der Waals surface area contributed by atoms with Gasteiger partial charge in [0.05, 0.1) is 36.1 Å². The standard InChI is InChI=1S/C9H18O2.C6H3NO2/c1-2-3-4-5-9-8-10-6-7-11-9;8-7(9)6-3-4-1-2-5(4)6/h9H,2-8H2,1H3;1-3H. The van der Waals surface area contributed by atoms with Crippen LogP contribution in [-0.4, -0.2) is 30.8 Å². The summed E-state index contributed by atoms with van der Waals surface area (Å²) in [6.45, 7) is 4.60. The molecular formula is C15H21NO4. The minimum Gasteiger partial charge on any atom is -0.376 e. The lowest BCUT2D eigenvalue weighted by Crippen LogP contribution is -2.28. The maximum atomic E-state index is 10.0. The third-order valence-electron chi connectivity index (χ3n) is 3.52. The Morgan fingerprint density at radius 3 is 2.60 bits per heavy atom. The molecule has 3 aliphatic rings. The van der Waals surface area contributed by atoms with Crippen molar-refractivity contribution in [1.29, 1.82) is 0 Å². The fourth-order valence-electron chi connectivity index (χ4n) is 2.25. The van der Waals surface area contributed by atoms with Gasteiger partial charge < -0.3 is 9.47 Å². The highest BCUT2D eigenvalue weighted by Crippen LogP contribution is 2.22. The van der Waals surface area contributed by atoms with Crippen molar-refractivity contribution in [3.05, 3.63) is 38.8 Å². The molecule has 0 bridgehead atoms. The molecule has 0 N–H and O–H groups in total. The molecule has 110 valence electrons. The van der Waals surface area contributed by atoms with Gasteiger partial charge >= 0.3 is 0 Å². The van der Waals surface area contributed by atoms with Crippen LogP contribution in [0.15, 0.2) is 18.2 Å². The van der Waals surface area contributed by atoms with Crippen LogP contribution in [0.2, 0.25) is 0 Å². The summed E-state index contributed by atoms with van der Waals surface area (Å²) in [6.07, 6.45) is 5.45. The molecule has 20 heavy (non-hydrogen) atoms. The zero-order valence-corrected chi connectivity index (χ0v) is 11.8. The summed E-state index contributed by atoms with van der Waals surface area (Å²) in [5.41, 5.74) is 0.257. The van der Waals surface area contributed by atoms with Gasteiger partial charge in [0, 0.05) is 6.07 Å². The van der Waals surface area contributed by atoms with Crippen LogP contribution in [0.3, 0.4) is 0 Å². The molecular weight excluding hydrogens is 258 g/mol. The van der Waals surface area contributed by atoms with Crippen molar-refractivity contribution in [2.75, 3.05) is 19.8 Å². The molecule has 1 unspecified atom stereocenters. The third-order valence-corrected chi connectivity index (χ3v) is 3.52. The number of nitrogens with zero attached hydrogens (tertiary/aromatic N) is 1. The number of nitro groups is 1. The van der Waals surface area contributed by atoms with Crippen LogP contribution in [0.25, 0.3) is 0 Å². The van der Waals surface area contributed by atoms with Gasteiger partial charge in [-0.2, -0.15) is 0 Å². The van der Waals surface area contributed by atoms with Crippen LogP contribution in [0.4, 0.5) is 5.69 Å². The maximum absolute atomic E-state index is 10.0. The van der Waals surface area contributed by atoms with E-state index >= 15 is 0 Å². The second-order valence-electron chi connectivity index (χ2n) is 5.05. The molecule has 5 nitrogen and oxygen atoms in total. The van der Waals surface area contributed by atoms with Gasteiger partial charge in [-0.25, -0.2) is 0 Å². The predicted octanol–water partition coefficient (Wildman–Crippen LogP) is 3.18. The first-order valence-electron chi connectivity index (χ1n) is 7.20. The first-order valence-corrected chi connectivity index (χ1v) is 7.20. The molecule has 0 aromatic carbocycles. The third kappa shape index (κ3) is 3.77. The quantitative estimate of drug-likeness (QED) is 0.479. The average molecular weight is 279 g/mol. The molecule has 0 amide bonds. The second-order valence-corrected chi connectivity index (χ2v) is 5.05. The van der Waals surface area contributed by atoms with Crippen LogP contribution in [-0.2, 0) is 9.47 Å². The zero-order valence-electron chi connectivity index (χ0n) is 11.8. The maximum Gasteiger partial charge on any atom is 0.277 e. The normalized spacial score (nSPS) is 18.9. The van der Waals surface area contributed by atoms with Gasteiger partial charge in [-0.05, 0) is 17.7 Å². The lowest BCUT2D eigenvalue weighted by Gasteiger charge is -2.22.